The first kappa shape index (κ1) is 10.9. The van der Waals surface area contributed by atoms with Crippen LogP contribution < -0.4 is 0 Å². The average molecular weight is 263 g/mol. The fourth-order valence-corrected chi connectivity index (χ4v) is 1.55. The number of aromatic hydroxyl groups is 1. The summed E-state index contributed by atoms with van der Waals surface area (Å²) in [6.07, 6.45) is -1.81. The summed E-state index contributed by atoms with van der Waals surface area (Å²) in [5, 5.41) is 17.9. The molecule has 3 nitrogen and oxygen atoms in total. The number of halogens is 3. The Kier molecular flexibility index (Phi) is 3.36. The van der Waals surface area contributed by atoms with Gasteiger partial charge in [-0.3, -0.25) is 0 Å². The SMILES string of the molecule is N#Cc1ncc(C(F)F)c(CBr)c1O. The van der Waals surface area contributed by atoms with E-state index in [1.165, 1.54) is 0 Å². The van der Waals surface area contributed by atoms with Crippen molar-refractivity contribution in [3.63, 3.8) is 0 Å². The molecule has 6 heteroatoms. The van der Waals surface area contributed by atoms with Gasteiger partial charge in [-0.05, 0) is 0 Å². The van der Waals surface area contributed by atoms with Crippen LogP contribution in [0.15, 0.2) is 6.20 Å². The van der Waals surface area contributed by atoms with Crippen LogP contribution in [0.1, 0.15) is 23.2 Å². The zero-order chi connectivity index (χ0) is 10.7. The molecule has 0 unspecified atom stereocenters. The number of hydrogen-bond donors (Lipinski definition) is 1. The molecule has 1 aromatic rings. The molecule has 0 amide bonds. The van der Waals surface area contributed by atoms with Crippen molar-refractivity contribution in [1.29, 1.82) is 5.26 Å². The lowest BCUT2D eigenvalue weighted by Crippen LogP contribution is -1.97. The molecule has 14 heavy (non-hydrogen) atoms. The zero-order valence-electron chi connectivity index (χ0n) is 6.84. The first-order valence-electron chi connectivity index (χ1n) is 3.56. The lowest BCUT2D eigenvalue weighted by Gasteiger charge is -2.08. The number of nitrogens with zero attached hydrogens (tertiary/aromatic N) is 2. The summed E-state index contributed by atoms with van der Waals surface area (Å²) in [6, 6.07) is 1.61. The topological polar surface area (TPSA) is 56.9 Å². The molecule has 0 radical (unpaired) electrons. The molecule has 1 rings (SSSR count). The van der Waals surface area contributed by atoms with Crippen molar-refractivity contribution in [2.45, 2.75) is 11.8 Å². The average Bonchev–Trinajstić information content (AvgIpc) is 2.17. The van der Waals surface area contributed by atoms with Gasteiger partial charge in [-0.15, -0.1) is 0 Å². The van der Waals surface area contributed by atoms with Gasteiger partial charge in [-0.25, -0.2) is 13.8 Å². The van der Waals surface area contributed by atoms with Gasteiger partial charge in [0.1, 0.15) is 6.07 Å². The molecule has 1 N–H and O–H groups in total. The molecule has 74 valence electrons. The summed E-state index contributed by atoms with van der Waals surface area (Å²) >= 11 is 2.96. The number of pyridine rings is 1. The van der Waals surface area contributed by atoms with Crippen LogP contribution in [-0.2, 0) is 5.33 Å². The van der Waals surface area contributed by atoms with E-state index in [9.17, 15) is 13.9 Å². The van der Waals surface area contributed by atoms with E-state index >= 15 is 0 Å². The Hall–Kier alpha value is -1.22. The highest BCUT2D eigenvalue weighted by Crippen LogP contribution is 2.31. The van der Waals surface area contributed by atoms with Crippen molar-refractivity contribution in [1.82, 2.24) is 4.98 Å². The highest BCUT2D eigenvalue weighted by atomic mass is 79.9. The fraction of sp³-hybridized carbons (Fsp3) is 0.250. The van der Waals surface area contributed by atoms with Crippen LogP contribution in [0.25, 0.3) is 0 Å². The van der Waals surface area contributed by atoms with Crippen LogP contribution in [0, 0.1) is 11.3 Å². The standard InChI is InChI=1S/C8H5BrF2N2O/c9-1-4-5(8(10)11)3-13-6(2-12)7(4)14/h3,8,14H,1H2. The van der Waals surface area contributed by atoms with Gasteiger partial charge in [-0.1, -0.05) is 15.9 Å². The second-order valence-electron chi connectivity index (χ2n) is 2.44. The Morgan fingerprint density at radius 1 is 1.64 bits per heavy atom. The van der Waals surface area contributed by atoms with Crippen molar-refractivity contribution in [2.24, 2.45) is 0 Å². The second kappa shape index (κ2) is 4.33. The Bertz CT molecular complexity index is 390. The molecule has 0 bridgehead atoms. The van der Waals surface area contributed by atoms with Crippen LogP contribution in [-0.4, -0.2) is 10.1 Å². The van der Waals surface area contributed by atoms with E-state index in [4.69, 9.17) is 5.26 Å². The van der Waals surface area contributed by atoms with Gasteiger partial charge >= 0.3 is 0 Å². The number of hydrogen-bond acceptors (Lipinski definition) is 3. The van der Waals surface area contributed by atoms with Gasteiger partial charge in [0.25, 0.3) is 6.43 Å². The largest absolute Gasteiger partial charge is 0.505 e. The minimum absolute atomic E-state index is 0.00606. The number of alkyl halides is 3. The van der Waals surface area contributed by atoms with Gasteiger partial charge in [0.05, 0.1) is 0 Å². The van der Waals surface area contributed by atoms with E-state index < -0.39 is 12.2 Å². The summed E-state index contributed by atoms with van der Waals surface area (Å²) in [7, 11) is 0. The van der Waals surface area contributed by atoms with Crippen molar-refractivity contribution in [3.05, 3.63) is 23.0 Å². The molecular formula is C8H5BrF2N2O. The number of aromatic nitrogens is 1. The molecule has 0 aromatic carbocycles. The lowest BCUT2D eigenvalue weighted by molar-refractivity contribution is 0.149. The Morgan fingerprint density at radius 2 is 2.29 bits per heavy atom. The van der Waals surface area contributed by atoms with Gasteiger partial charge in [-0.2, -0.15) is 5.26 Å². The van der Waals surface area contributed by atoms with E-state index in [0.717, 1.165) is 6.20 Å². The molecule has 0 saturated carbocycles. The summed E-state index contributed by atoms with van der Waals surface area (Å²) in [5.41, 5.74) is -0.603. The maximum absolute atomic E-state index is 12.4. The van der Waals surface area contributed by atoms with Crippen LogP contribution >= 0.6 is 15.9 Å². The van der Waals surface area contributed by atoms with E-state index in [2.05, 4.69) is 20.9 Å². The molecule has 0 aliphatic heterocycles. The normalized spacial score (nSPS) is 10.2. The Morgan fingerprint density at radius 3 is 2.71 bits per heavy atom. The highest BCUT2D eigenvalue weighted by molar-refractivity contribution is 9.08. The summed E-state index contributed by atoms with van der Waals surface area (Å²) in [5.74, 6) is -0.484. The van der Waals surface area contributed by atoms with E-state index in [0.29, 0.717) is 0 Å². The minimum atomic E-state index is -2.71. The van der Waals surface area contributed by atoms with Crippen molar-refractivity contribution < 1.29 is 13.9 Å². The molecule has 0 saturated heterocycles. The third-order valence-electron chi connectivity index (χ3n) is 1.67. The maximum atomic E-state index is 12.4. The van der Waals surface area contributed by atoms with Crippen LogP contribution in [0.4, 0.5) is 8.78 Å². The third-order valence-corrected chi connectivity index (χ3v) is 2.23. The van der Waals surface area contributed by atoms with Crippen molar-refractivity contribution in [3.8, 4) is 11.8 Å². The number of rotatable bonds is 2. The predicted octanol–water partition coefficient (Wildman–Crippen LogP) is 2.49. The van der Waals surface area contributed by atoms with Gasteiger partial charge in [0.15, 0.2) is 11.4 Å². The quantitative estimate of drug-likeness (QED) is 0.834. The first-order valence-corrected chi connectivity index (χ1v) is 4.69. The van der Waals surface area contributed by atoms with E-state index in [-0.39, 0.29) is 22.2 Å². The summed E-state index contributed by atoms with van der Waals surface area (Å²) < 4.78 is 24.8. The first-order chi connectivity index (χ1) is 6.61. The smallest absolute Gasteiger partial charge is 0.265 e. The molecule has 0 aliphatic rings. The molecule has 1 heterocycles. The van der Waals surface area contributed by atoms with Crippen molar-refractivity contribution in [2.75, 3.05) is 0 Å². The fourth-order valence-electron chi connectivity index (χ4n) is 0.963. The molecule has 1 aromatic heterocycles. The molecular weight excluding hydrogens is 258 g/mol. The molecule has 0 spiro atoms. The van der Waals surface area contributed by atoms with Gasteiger partial charge in [0.2, 0.25) is 0 Å². The highest BCUT2D eigenvalue weighted by Gasteiger charge is 2.18. The van der Waals surface area contributed by atoms with Gasteiger partial charge in [0, 0.05) is 22.7 Å². The summed E-state index contributed by atoms with van der Waals surface area (Å²) in [4.78, 5) is 3.41. The Labute approximate surface area is 87.1 Å². The molecule has 0 atom stereocenters. The lowest BCUT2D eigenvalue weighted by atomic mass is 10.1. The monoisotopic (exact) mass is 262 g/mol. The second-order valence-corrected chi connectivity index (χ2v) is 3.00. The van der Waals surface area contributed by atoms with Crippen LogP contribution in [0.3, 0.4) is 0 Å². The van der Waals surface area contributed by atoms with Crippen LogP contribution in [0.5, 0.6) is 5.75 Å². The van der Waals surface area contributed by atoms with E-state index in [1.54, 1.807) is 6.07 Å². The molecule has 0 aliphatic carbocycles. The summed E-state index contributed by atoms with van der Waals surface area (Å²) in [6.45, 7) is 0. The van der Waals surface area contributed by atoms with Crippen molar-refractivity contribution >= 4 is 15.9 Å². The zero-order valence-corrected chi connectivity index (χ0v) is 8.42. The number of nitriles is 1. The predicted molar refractivity (Wildman–Crippen MR) is 48.2 cm³/mol. The van der Waals surface area contributed by atoms with Gasteiger partial charge < -0.3 is 5.11 Å². The van der Waals surface area contributed by atoms with E-state index in [1.807, 2.05) is 0 Å². The molecule has 0 fully saturated rings. The minimum Gasteiger partial charge on any atom is -0.505 e. The third kappa shape index (κ3) is 1.82. The van der Waals surface area contributed by atoms with Crippen LogP contribution in [0.2, 0.25) is 0 Å². The Balaban J connectivity index is 3.38. The maximum Gasteiger partial charge on any atom is 0.265 e.